The van der Waals surface area contributed by atoms with E-state index >= 15 is 0 Å². The predicted octanol–water partition coefficient (Wildman–Crippen LogP) is 7.09. The fourth-order valence-corrected chi connectivity index (χ4v) is 98.3. The fourth-order valence-electron chi connectivity index (χ4n) is 13.9. The van der Waals surface area contributed by atoms with Crippen LogP contribution in [-0.2, 0) is 61.7 Å². The lowest BCUT2D eigenvalue weighted by atomic mass is 10.5. The molecule has 0 heterocycles. The van der Waals surface area contributed by atoms with E-state index in [4.69, 9.17) is 136 Å². The van der Waals surface area contributed by atoms with Crippen molar-refractivity contribution in [3.63, 3.8) is 0 Å². The summed E-state index contributed by atoms with van der Waals surface area (Å²) in [5.74, 6) is 0. The van der Waals surface area contributed by atoms with Gasteiger partial charge in [-0.15, -0.1) is 0 Å². The summed E-state index contributed by atoms with van der Waals surface area (Å²) in [4.78, 5) is 11.3. The summed E-state index contributed by atoms with van der Waals surface area (Å²) in [6, 6.07) is 7.93. The highest BCUT2D eigenvalue weighted by Crippen LogP contribution is 2.42. The summed E-state index contributed by atoms with van der Waals surface area (Å²) < 4.78 is 113. The van der Waals surface area contributed by atoms with Crippen LogP contribution in [-0.4, -0.2) is 227 Å². The summed E-state index contributed by atoms with van der Waals surface area (Å²) in [6.07, 6.45) is 8.73. The molecule has 0 aromatic rings. The first-order chi connectivity index (χ1) is 47.6. The zero-order valence-corrected chi connectivity index (χ0v) is 84.9. The normalized spacial score (nSPS) is 20.8. The summed E-state index contributed by atoms with van der Waals surface area (Å²) in [6.45, 7) is 45.2. The smallest absolute Gasteiger partial charge is 0.439 e. The van der Waals surface area contributed by atoms with E-state index in [9.17, 15) is 4.80 Å². The molecule has 14 unspecified atom stereocenters. The third kappa shape index (κ3) is 45.3. The maximum atomic E-state index is 11.3. The van der Waals surface area contributed by atoms with Gasteiger partial charge >= 0.3 is 120 Å². The summed E-state index contributed by atoms with van der Waals surface area (Å²) in [5.41, 5.74) is 82.6. The van der Waals surface area contributed by atoms with E-state index in [1.54, 1.807) is 13.1 Å². The third-order valence-corrected chi connectivity index (χ3v) is 86.0. The van der Waals surface area contributed by atoms with Gasteiger partial charge in [0.1, 0.15) is 0 Å². The van der Waals surface area contributed by atoms with Crippen molar-refractivity contribution >= 4 is 137 Å². The van der Waals surface area contributed by atoms with Gasteiger partial charge in [-0.2, -0.15) is 0 Å². The van der Waals surface area contributed by atoms with Gasteiger partial charge in [0.15, 0.2) is 17.4 Å². The van der Waals surface area contributed by atoms with Crippen LogP contribution in [0.1, 0.15) is 83.5 Å². The molecule has 29 nitrogen and oxygen atoms in total. The monoisotopic (exact) mass is 1750 g/mol. The van der Waals surface area contributed by atoms with Crippen molar-refractivity contribution < 1.29 is 66.5 Å². The molecule has 0 aliphatic carbocycles. The molecule has 0 bridgehead atoms. The maximum Gasteiger partial charge on any atom is 0.469 e. The first-order valence-electron chi connectivity index (χ1n) is 38.9. The summed E-state index contributed by atoms with van der Waals surface area (Å²) >= 11 is 0. The maximum absolute atomic E-state index is 11.3. The molecule has 620 valence electrons. The van der Waals surface area contributed by atoms with Gasteiger partial charge in [0.05, 0.1) is 0 Å². The molecule has 45 heteroatoms. The predicted molar refractivity (Wildman–Crippen MR) is 464 cm³/mol. The molecule has 0 fully saturated rings. The molecule has 0 saturated carbocycles. The Kier molecular flexibility index (Phi) is 51.1. The molecule has 0 spiro atoms. The lowest BCUT2D eigenvalue weighted by molar-refractivity contribution is 0.200. The average Bonchev–Trinajstić information content (AvgIpc) is 0.787. The van der Waals surface area contributed by atoms with Crippen LogP contribution >= 0.6 is 0 Å². The first-order valence-corrected chi connectivity index (χ1v) is 80.1. The molecule has 0 amide bonds. The minimum absolute atomic E-state index is 0.405. The van der Waals surface area contributed by atoms with Crippen molar-refractivity contribution in [2.24, 2.45) is 74.5 Å². The summed E-state index contributed by atoms with van der Waals surface area (Å²) in [7, 11) is -50.6. The van der Waals surface area contributed by atoms with Crippen LogP contribution in [0.15, 0.2) is 0 Å². The fraction of sp³-hybridized carbons (Fsp3) is 1.00. The van der Waals surface area contributed by atoms with Crippen LogP contribution in [0.25, 0.3) is 0 Å². The van der Waals surface area contributed by atoms with E-state index in [-0.39, 0.29) is 0 Å². The molecular formula is C58H163N13O16Si16. The number of hydrogen-bond donors (Lipinski definition) is 14. The lowest BCUT2D eigenvalue weighted by Gasteiger charge is -2.49. The highest BCUT2D eigenvalue weighted by atomic mass is 28.5. The summed E-state index contributed by atoms with van der Waals surface area (Å²) in [5, 5.41) is 0. The van der Waals surface area contributed by atoms with Crippen LogP contribution in [0.5, 0.6) is 0 Å². The van der Waals surface area contributed by atoms with Gasteiger partial charge in [0.25, 0.3) is 0 Å². The van der Waals surface area contributed by atoms with E-state index in [2.05, 4.69) is 98.2 Å². The quantitative estimate of drug-likeness (QED) is 0.0270. The molecule has 27 N–H and O–H groups in total. The van der Waals surface area contributed by atoms with Gasteiger partial charge in [0.2, 0.25) is 0 Å². The van der Waals surface area contributed by atoms with Crippen LogP contribution in [0.2, 0.25) is 203 Å². The molecule has 103 heavy (non-hydrogen) atoms. The van der Waals surface area contributed by atoms with Crippen molar-refractivity contribution in [1.82, 2.24) is 0 Å². The van der Waals surface area contributed by atoms with Gasteiger partial charge in [-0.25, -0.2) is 0 Å². The van der Waals surface area contributed by atoms with Crippen molar-refractivity contribution in [3.8, 4) is 0 Å². The Morgan fingerprint density at radius 2 is 0.369 bits per heavy atom. The van der Waals surface area contributed by atoms with Crippen LogP contribution in [0.3, 0.4) is 0 Å². The van der Waals surface area contributed by atoms with Crippen molar-refractivity contribution in [1.29, 1.82) is 0 Å². The van der Waals surface area contributed by atoms with Crippen molar-refractivity contribution in [2.45, 2.75) is 286 Å². The number of hydrogen-bond acceptors (Lipinski definition) is 29. The molecule has 0 aromatic carbocycles. The molecule has 0 aliphatic rings. The Balaban J connectivity index is 8.46. The van der Waals surface area contributed by atoms with Crippen LogP contribution in [0.4, 0.5) is 0 Å². The highest BCUT2D eigenvalue weighted by Gasteiger charge is 2.60. The molecule has 0 aromatic heterocycles. The second-order valence-electron chi connectivity index (χ2n) is 32.0. The molecule has 0 aliphatic heterocycles. The Labute approximate surface area is 645 Å². The van der Waals surface area contributed by atoms with E-state index in [1.165, 1.54) is 0 Å². The van der Waals surface area contributed by atoms with E-state index < -0.39 is 137 Å². The van der Waals surface area contributed by atoms with Gasteiger partial charge in [0, 0.05) is 6.55 Å². The SMILES string of the molecule is C[SiH](CCCN)O[Si](C)(CCCN)O[Si](C)(CCCN)O[Si](C)(CCCN)O[Si](C)(CCCN)O[Si](C)(CCCN)O[Si](C)(CCCN)O[Si](C)(CCCN)O[Si](C)(CCCN)O[Si](C)(CCCN)O[Si](C)(CCCN)O[Si](C)(CCCN)O[Si](C)(CCCN)O[Si](C)(O[Si](C)(C)C)O[Si](C)(C)O. The molecule has 0 saturated heterocycles. The minimum atomic E-state index is -3.55. The first kappa shape index (κ1) is 105. The Bertz CT molecular complexity index is 2250. The topological polar surface area (TPSA) is 497 Å². The van der Waals surface area contributed by atoms with Crippen molar-refractivity contribution in [2.75, 3.05) is 85.1 Å². The van der Waals surface area contributed by atoms with Gasteiger partial charge in [-0.05, 0) is 365 Å². The van der Waals surface area contributed by atoms with E-state index in [0.717, 1.165) is 24.9 Å². The second kappa shape index (κ2) is 49.9. The average molecular weight is 1750 g/mol. The highest BCUT2D eigenvalue weighted by molar-refractivity contribution is 6.96. The van der Waals surface area contributed by atoms with Crippen molar-refractivity contribution in [3.05, 3.63) is 0 Å². The Morgan fingerprint density at radius 1 is 0.214 bits per heavy atom. The van der Waals surface area contributed by atoms with Crippen LogP contribution < -0.4 is 74.5 Å². The Hall–Kier alpha value is 2.31. The van der Waals surface area contributed by atoms with Gasteiger partial charge < -0.3 is 141 Å². The molecule has 0 rings (SSSR count). The molecular weight excluding hydrogens is 1580 g/mol. The van der Waals surface area contributed by atoms with Gasteiger partial charge in [-0.3, -0.25) is 0 Å². The second-order valence-corrected chi connectivity index (χ2v) is 88.6. The molecule has 0 radical (unpaired) electrons. The lowest BCUT2D eigenvalue weighted by Crippen LogP contribution is -2.66. The van der Waals surface area contributed by atoms with Crippen LogP contribution in [0, 0.1) is 0 Å². The number of rotatable bonds is 69. The Morgan fingerprint density at radius 3 is 0.524 bits per heavy atom. The zero-order valence-electron chi connectivity index (χ0n) is 68.7. The largest absolute Gasteiger partial charge is 0.469 e. The number of nitrogens with two attached hydrogens (primary N) is 13. The molecule has 14 atom stereocenters. The zero-order chi connectivity index (χ0) is 79.3. The van der Waals surface area contributed by atoms with E-state index in [0.29, 0.717) is 222 Å². The van der Waals surface area contributed by atoms with E-state index in [1.807, 2.05) is 13.1 Å². The standard InChI is InChI=1S/C58H163N13O16Si16/c1-88(46-20-33-59)73-91(7,47-21-34-60)76-92(8,48-22-35-61)77-93(9,49-23-36-62)78-94(10,50-24-37-63)79-95(11,51-25-38-64)80-96(12,52-26-39-65)81-97(13,53-27-40-66)82-98(14,54-28-41-67)83-99(15,55-29-42-68)84-100(16,56-30-43-69)85-101(17,57-31-44-70)86-102(18,58-32-45-71)87-103(19,74-89(2,3)4)75-90(5,6)72/h72,88H,20-71H2,1-19H3. The van der Waals surface area contributed by atoms with Gasteiger partial charge in [-0.1, -0.05) is 0 Å². The minimum Gasteiger partial charge on any atom is -0.439 e. The third-order valence-electron chi connectivity index (χ3n) is 17.4.